The molecule has 1 rings (SSSR count). The largest absolute Gasteiger partial charge is 0.391 e. The van der Waals surface area contributed by atoms with Crippen LogP contribution in [0, 0.1) is 6.92 Å². The predicted molar refractivity (Wildman–Crippen MR) is 98.8 cm³/mol. The van der Waals surface area contributed by atoms with Gasteiger partial charge in [-0.2, -0.15) is 0 Å². The fourth-order valence-electron chi connectivity index (χ4n) is 2.70. The second-order valence-electron chi connectivity index (χ2n) is 5.76. The van der Waals surface area contributed by atoms with Crippen molar-refractivity contribution in [2.45, 2.75) is 39.3 Å². The van der Waals surface area contributed by atoms with Crippen LogP contribution < -0.4 is 5.32 Å². The second-order valence-corrected chi connectivity index (χ2v) is 5.76. The van der Waals surface area contributed by atoms with E-state index >= 15 is 0 Å². The maximum absolute atomic E-state index is 4.18. The number of likely N-dealkylation sites (N-methyl/N-ethyl adjacent to an activating group) is 2. The van der Waals surface area contributed by atoms with Gasteiger partial charge in [0.2, 0.25) is 0 Å². The molecule has 1 unspecified atom stereocenters. The maximum Gasteiger partial charge on any atom is 0.0492 e. The Morgan fingerprint density at radius 2 is 2.14 bits per heavy atom. The lowest BCUT2D eigenvalue weighted by atomic mass is 10.0. The van der Waals surface area contributed by atoms with Gasteiger partial charge in [0.25, 0.3) is 0 Å². The van der Waals surface area contributed by atoms with Gasteiger partial charge >= 0.3 is 0 Å². The fourth-order valence-corrected chi connectivity index (χ4v) is 2.70. The first-order chi connectivity index (χ1) is 10.5. The molecule has 22 heavy (non-hydrogen) atoms. The molecule has 1 atom stereocenters. The van der Waals surface area contributed by atoms with Gasteiger partial charge in [0, 0.05) is 25.3 Å². The van der Waals surface area contributed by atoms with Gasteiger partial charge in [-0.25, -0.2) is 0 Å². The normalized spacial score (nSPS) is 12.6. The van der Waals surface area contributed by atoms with E-state index in [0.29, 0.717) is 6.04 Å². The molecule has 1 aromatic rings. The number of hydrogen-bond donors (Lipinski definition) is 1. The van der Waals surface area contributed by atoms with E-state index in [1.807, 2.05) is 13.1 Å². The number of benzene rings is 1. The summed E-state index contributed by atoms with van der Waals surface area (Å²) in [5.74, 6) is 0. The van der Waals surface area contributed by atoms with Gasteiger partial charge in [-0.1, -0.05) is 55.1 Å². The summed E-state index contributed by atoms with van der Waals surface area (Å²) in [7, 11) is 4.11. The molecule has 0 aliphatic rings. The van der Waals surface area contributed by atoms with Gasteiger partial charge in [0.1, 0.15) is 0 Å². The molecule has 0 aromatic heterocycles. The third-order valence-electron chi connectivity index (χ3n) is 4.04. The summed E-state index contributed by atoms with van der Waals surface area (Å²) in [5.41, 5.74) is 4.88. The van der Waals surface area contributed by atoms with Gasteiger partial charge in [-0.3, -0.25) is 4.90 Å². The van der Waals surface area contributed by atoms with Crippen LogP contribution in [0.3, 0.4) is 0 Å². The van der Waals surface area contributed by atoms with Gasteiger partial charge in [0.05, 0.1) is 0 Å². The van der Waals surface area contributed by atoms with Crippen LogP contribution in [0.4, 0.5) is 0 Å². The highest BCUT2D eigenvalue weighted by atomic mass is 15.1. The van der Waals surface area contributed by atoms with Crippen LogP contribution in [0.25, 0.3) is 6.08 Å². The maximum atomic E-state index is 4.18. The zero-order chi connectivity index (χ0) is 16.5. The number of hydrogen-bond acceptors (Lipinski definition) is 2. The van der Waals surface area contributed by atoms with Crippen molar-refractivity contribution in [2.24, 2.45) is 0 Å². The Morgan fingerprint density at radius 3 is 2.73 bits per heavy atom. The number of nitrogens with zero attached hydrogens (tertiary/aromatic N) is 1. The van der Waals surface area contributed by atoms with E-state index in [1.165, 1.54) is 16.7 Å². The molecule has 0 saturated carbocycles. The van der Waals surface area contributed by atoms with Crippen LogP contribution in [0.15, 0.2) is 49.2 Å². The van der Waals surface area contributed by atoms with Crippen LogP contribution in [0.2, 0.25) is 0 Å². The Morgan fingerprint density at radius 1 is 1.41 bits per heavy atom. The highest BCUT2D eigenvalue weighted by Gasteiger charge is 2.17. The molecule has 1 N–H and O–H groups in total. The Hall–Kier alpha value is -1.80. The van der Waals surface area contributed by atoms with E-state index in [-0.39, 0.29) is 0 Å². The number of rotatable bonds is 9. The van der Waals surface area contributed by atoms with Crippen LogP contribution in [-0.2, 0) is 6.54 Å². The van der Waals surface area contributed by atoms with Crippen LogP contribution in [0.1, 0.15) is 36.5 Å². The zero-order valence-electron chi connectivity index (χ0n) is 14.5. The Labute approximate surface area is 136 Å². The van der Waals surface area contributed by atoms with Crippen molar-refractivity contribution in [1.29, 1.82) is 0 Å². The molecule has 0 heterocycles. The first kappa shape index (κ1) is 18.2. The lowest BCUT2D eigenvalue weighted by Gasteiger charge is -2.30. The Kier molecular flexibility index (Phi) is 7.69. The van der Waals surface area contributed by atoms with Crippen molar-refractivity contribution < 1.29 is 0 Å². The number of nitrogens with one attached hydrogen (secondary N) is 1. The molecule has 0 fully saturated rings. The average Bonchev–Trinajstić information content (AvgIpc) is 2.51. The fraction of sp³-hybridized carbons (Fsp3) is 0.400. The quantitative estimate of drug-likeness (QED) is 0.674. The third kappa shape index (κ3) is 5.19. The molecule has 0 saturated heterocycles. The van der Waals surface area contributed by atoms with E-state index in [0.717, 1.165) is 25.1 Å². The van der Waals surface area contributed by atoms with E-state index in [2.05, 4.69) is 74.6 Å². The molecule has 0 radical (unpaired) electrons. The van der Waals surface area contributed by atoms with E-state index in [1.54, 1.807) is 0 Å². The van der Waals surface area contributed by atoms with Crippen molar-refractivity contribution in [3.05, 3.63) is 65.9 Å². The Bertz CT molecular complexity index is 529. The van der Waals surface area contributed by atoms with Gasteiger partial charge in [0.15, 0.2) is 0 Å². The molecule has 0 amide bonds. The monoisotopic (exact) mass is 298 g/mol. The second kappa shape index (κ2) is 9.26. The topological polar surface area (TPSA) is 15.3 Å². The minimum absolute atomic E-state index is 0.319. The molecule has 120 valence electrons. The standard InChI is InChI=1S/C20H30N2/c1-7-9-10-11-20(17(4)21-5)22(6)15-19-14-16(3)12-13-18(19)8-2/h7-9,12-14,20-21H,2,4,10-11,15H2,1,3,5-6H3/b9-7-. The zero-order valence-corrected chi connectivity index (χ0v) is 14.5. The molecule has 2 heteroatoms. The molecule has 0 spiro atoms. The van der Waals surface area contributed by atoms with E-state index < -0.39 is 0 Å². The summed E-state index contributed by atoms with van der Waals surface area (Å²) in [4.78, 5) is 2.37. The van der Waals surface area contributed by atoms with Crippen molar-refractivity contribution in [1.82, 2.24) is 10.2 Å². The summed E-state index contributed by atoms with van der Waals surface area (Å²) in [6.45, 7) is 13.2. The SMILES string of the molecule is C=Cc1ccc(C)cc1CN(C)C(CC/C=C\C)C(=C)NC. The molecule has 0 bridgehead atoms. The summed E-state index contributed by atoms with van der Waals surface area (Å²) in [5, 5.41) is 3.22. The Balaban J connectivity index is 2.90. The number of allylic oxidation sites excluding steroid dienone is 2. The van der Waals surface area contributed by atoms with Gasteiger partial charge in [-0.05, 0) is 44.9 Å². The summed E-state index contributed by atoms with van der Waals surface area (Å²) in [6, 6.07) is 6.85. The van der Waals surface area contributed by atoms with Gasteiger partial charge < -0.3 is 5.32 Å². The highest BCUT2D eigenvalue weighted by molar-refractivity contribution is 5.52. The van der Waals surface area contributed by atoms with E-state index in [9.17, 15) is 0 Å². The molecule has 2 nitrogen and oxygen atoms in total. The molecular weight excluding hydrogens is 268 g/mol. The molecular formula is C20H30N2. The lowest BCUT2D eigenvalue weighted by molar-refractivity contribution is 0.246. The molecule has 0 aliphatic carbocycles. The van der Waals surface area contributed by atoms with Crippen molar-refractivity contribution in [3.8, 4) is 0 Å². The minimum Gasteiger partial charge on any atom is -0.391 e. The molecule has 0 aliphatic heterocycles. The van der Waals surface area contributed by atoms with Crippen molar-refractivity contribution in [2.75, 3.05) is 14.1 Å². The predicted octanol–water partition coefficient (Wildman–Crippen LogP) is 4.53. The van der Waals surface area contributed by atoms with Gasteiger partial charge in [-0.15, -0.1) is 0 Å². The van der Waals surface area contributed by atoms with Crippen molar-refractivity contribution in [3.63, 3.8) is 0 Å². The van der Waals surface area contributed by atoms with Crippen LogP contribution in [-0.4, -0.2) is 25.0 Å². The lowest BCUT2D eigenvalue weighted by Crippen LogP contribution is -2.36. The van der Waals surface area contributed by atoms with E-state index in [4.69, 9.17) is 0 Å². The summed E-state index contributed by atoms with van der Waals surface area (Å²) >= 11 is 0. The van der Waals surface area contributed by atoms with Crippen LogP contribution in [0.5, 0.6) is 0 Å². The third-order valence-corrected chi connectivity index (χ3v) is 4.04. The number of aryl methyl sites for hydroxylation is 1. The average molecular weight is 298 g/mol. The van der Waals surface area contributed by atoms with Crippen molar-refractivity contribution >= 4 is 6.08 Å². The summed E-state index contributed by atoms with van der Waals surface area (Å²) < 4.78 is 0. The van der Waals surface area contributed by atoms with Crippen LogP contribution >= 0.6 is 0 Å². The first-order valence-electron chi connectivity index (χ1n) is 7.93. The summed E-state index contributed by atoms with van der Waals surface area (Å²) in [6.07, 6.45) is 8.38. The molecule has 1 aromatic carbocycles. The smallest absolute Gasteiger partial charge is 0.0492 e. The highest BCUT2D eigenvalue weighted by Crippen LogP contribution is 2.19. The first-order valence-corrected chi connectivity index (χ1v) is 7.93. The minimum atomic E-state index is 0.319.